The number of hydrogen-bond donors (Lipinski definition) is 0. The molecule has 26 heavy (non-hydrogen) atoms. The number of esters is 2. The molecule has 0 unspecified atom stereocenters. The molecule has 138 valence electrons. The molecule has 0 bridgehead atoms. The Morgan fingerprint density at radius 3 is 2.73 bits per heavy atom. The van der Waals surface area contributed by atoms with Gasteiger partial charge in [-0.3, -0.25) is 9.36 Å². The second-order valence-electron chi connectivity index (χ2n) is 6.45. The molecule has 1 aromatic heterocycles. The molecule has 1 aromatic carbocycles. The maximum atomic E-state index is 12.8. The van der Waals surface area contributed by atoms with Gasteiger partial charge in [0.1, 0.15) is 5.82 Å². The number of aromatic nitrogens is 2. The van der Waals surface area contributed by atoms with Crippen molar-refractivity contribution in [3.63, 3.8) is 0 Å². The molecule has 3 rings (SSSR count). The fourth-order valence-corrected chi connectivity index (χ4v) is 3.16. The van der Waals surface area contributed by atoms with E-state index in [1.165, 1.54) is 20.1 Å². The van der Waals surface area contributed by atoms with Crippen molar-refractivity contribution in [3.05, 3.63) is 39.9 Å². The molecule has 0 saturated heterocycles. The molecule has 0 fully saturated rings. The zero-order valence-corrected chi connectivity index (χ0v) is 15.0. The van der Waals surface area contributed by atoms with Gasteiger partial charge in [-0.05, 0) is 38.0 Å². The van der Waals surface area contributed by atoms with Crippen LogP contribution in [0.3, 0.4) is 0 Å². The summed E-state index contributed by atoms with van der Waals surface area (Å²) in [5, 5.41) is 0.479. The highest BCUT2D eigenvalue weighted by atomic mass is 16.6. The predicted octanol–water partition coefficient (Wildman–Crippen LogP) is 2.23. The lowest BCUT2D eigenvalue weighted by Crippen LogP contribution is -2.27. The molecule has 1 aliphatic heterocycles. The first-order valence-corrected chi connectivity index (χ1v) is 8.83. The molecule has 0 amide bonds. The quantitative estimate of drug-likeness (QED) is 0.782. The molecule has 0 N–H and O–H groups in total. The molecule has 0 radical (unpaired) electrons. The fraction of sp³-hybridized carbons (Fsp3) is 0.474. The van der Waals surface area contributed by atoms with Gasteiger partial charge in [0.2, 0.25) is 0 Å². The monoisotopic (exact) mass is 358 g/mol. The summed E-state index contributed by atoms with van der Waals surface area (Å²) in [6, 6.07) is 4.66. The van der Waals surface area contributed by atoms with E-state index in [0.29, 0.717) is 17.4 Å². The topological polar surface area (TPSA) is 87.5 Å². The molecule has 1 aliphatic rings. The van der Waals surface area contributed by atoms with Crippen LogP contribution >= 0.6 is 0 Å². The van der Waals surface area contributed by atoms with Crippen molar-refractivity contribution >= 4 is 22.8 Å². The number of aryl methyl sites for hydroxylation is 1. The summed E-state index contributed by atoms with van der Waals surface area (Å²) in [5.41, 5.74) is 0.646. The van der Waals surface area contributed by atoms with Crippen LogP contribution in [0.15, 0.2) is 23.0 Å². The minimum Gasteiger partial charge on any atom is -0.466 e. The van der Waals surface area contributed by atoms with E-state index in [4.69, 9.17) is 4.74 Å². The standard InChI is InChI=1S/C19H22N2O5/c1-12(18(23)25-2)26-19(24)13-8-9-14-15(11-13)20-16-7-5-3-4-6-10-21(16)17(14)22/h8-9,11-12H,3-7,10H2,1-2H3/t12-/m1/s1. The van der Waals surface area contributed by atoms with Crippen molar-refractivity contribution in [1.82, 2.24) is 9.55 Å². The van der Waals surface area contributed by atoms with E-state index in [-0.39, 0.29) is 11.1 Å². The molecule has 2 aromatic rings. The summed E-state index contributed by atoms with van der Waals surface area (Å²) in [6.07, 6.45) is 3.96. The van der Waals surface area contributed by atoms with Crippen molar-refractivity contribution in [3.8, 4) is 0 Å². The smallest absolute Gasteiger partial charge is 0.346 e. The maximum Gasteiger partial charge on any atom is 0.346 e. The summed E-state index contributed by atoms with van der Waals surface area (Å²) in [6.45, 7) is 2.12. The summed E-state index contributed by atoms with van der Waals surface area (Å²) >= 11 is 0. The molecular formula is C19H22N2O5. The van der Waals surface area contributed by atoms with Gasteiger partial charge in [0.25, 0.3) is 5.56 Å². The van der Waals surface area contributed by atoms with Crippen LogP contribution in [0.2, 0.25) is 0 Å². The average Bonchev–Trinajstić information content (AvgIpc) is 2.62. The van der Waals surface area contributed by atoms with E-state index in [1.54, 1.807) is 16.7 Å². The van der Waals surface area contributed by atoms with Crippen LogP contribution in [0.25, 0.3) is 10.9 Å². The third-order valence-corrected chi connectivity index (χ3v) is 4.62. The number of ether oxygens (including phenoxy) is 2. The van der Waals surface area contributed by atoms with Crippen LogP contribution in [0, 0.1) is 0 Å². The first-order valence-electron chi connectivity index (χ1n) is 8.83. The predicted molar refractivity (Wildman–Crippen MR) is 95.1 cm³/mol. The van der Waals surface area contributed by atoms with Crippen molar-refractivity contribution in [1.29, 1.82) is 0 Å². The Balaban J connectivity index is 1.95. The Morgan fingerprint density at radius 1 is 1.19 bits per heavy atom. The molecule has 7 nitrogen and oxygen atoms in total. The first kappa shape index (κ1) is 18.1. The highest BCUT2D eigenvalue weighted by molar-refractivity contribution is 5.95. The Kier molecular flexibility index (Phi) is 5.35. The number of hydrogen-bond acceptors (Lipinski definition) is 6. The second-order valence-corrected chi connectivity index (χ2v) is 6.45. The third kappa shape index (κ3) is 3.61. The Labute approximate surface area is 150 Å². The molecule has 0 spiro atoms. The number of fused-ring (bicyclic) bond motifs is 2. The Bertz CT molecular complexity index is 903. The van der Waals surface area contributed by atoms with Crippen LogP contribution in [-0.4, -0.2) is 34.7 Å². The first-order chi connectivity index (χ1) is 12.5. The van der Waals surface area contributed by atoms with Crippen molar-refractivity contribution in [2.45, 2.75) is 51.7 Å². The normalized spacial score (nSPS) is 15.5. The van der Waals surface area contributed by atoms with Crippen LogP contribution in [0.5, 0.6) is 0 Å². The van der Waals surface area contributed by atoms with Gasteiger partial charge in [-0.25, -0.2) is 14.6 Å². The van der Waals surface area contributed by atoms with Crippen molar-refractivity contribution < 1.29 is 19.1 Å². The molecular weight excluding hydrogens is 336 g/mol. The van der Waals surface area contributed by atoms with Gasteiger partial charge in [-0.15, -0.1) is 0 Å². The maximum absolute atomic E-state index is 12.8. The number of carbonyl (C=O) groups is 2. The number of rotatable bonds is 3. The van der Waals surface area contributed by atoms with E-state index < -0.39 is 18.0 Å². The lowest BCUT2D eigenvalue weighted by molar-refractivity contribution is -0.149. The minimum absolute atomic E-state index is 0.0743. The van der Waals surface area contributed by atoms with E-state index in [1.807, 2.05) is 0 Å². The van der Waals surface area contributed by atoms with E-state index in [0.717, 1.165) is 37.9 Å². The molecule has 7 heteroatoms. The zero-order valence-electron chi connectivity index (χ0n) is 15.0. The highest BCUT2D eigenvalue weighted by Crippen LogP contribution is 2.17. The minimum atomic E-state index is -1.00. The Hall–Kier alpha value is -2.70. The van der Waals surface area contributed by atoms with Crippen LogP contribution in [-0.2, 0) is 27.2 Å². The lowest BCUT2D eigenvalue weighted by atomic mass is 10.1. The van der Waals surface area contributed by atoms with Gasteiger partial charge < -0.3 is 9.47 Å². The van der Waals surface area contributed by atoms with E-state index in [9.17, 15) is 14.4 Å². The number of carbonyl (C=O) groups excluding carboxylic acids is 2. The molecule has 0 saturated carbocycles. The summed E-state index contributed by atoms with van der Waals surface area (Å²) in [7, 11) is 1.23. The third-order valence-electron chi connectivity index (χ3n) is 4.62. The number of nitrogens with zero attached hydrogens (tertiary/aromatic N) is 2. The van der Waals surface area contributed by atoms with Gasteiger partial charge in [0, 0.05) is 13.0 Å². The highest BCUT2D eigenvalue weighted by Gasteiger charge is 2.20. The fourth-order valence-electron chi connectivity index (χ4n) is 3.16. The number of methoxy groups -OCH3 is 1. The van der Waals surface area contributed by atoms with Gasteiger partial charge in [0.15, 0.2) is 6.10 Å². The summed E-state index contributed by atoms with van der Waals surface area (Å²) in [5.74, 6) is -0.522. The van der Waals surface area contributed by atoms with Gasteiger partial charge >= 0.3 is 11.9 Å². The van der Waals surface area contributed by atoms with Gasteiger partial charge in [-0.1, -0.05) is 12.8 Å². The largest absolute Gasteiger partial charge is 0.466 e. The molecule has 2 heterocycles. The number of benzene rings is 1. The molecule has 1 atom stereocenters. The summed E-state index contributed by atoms with van der Waals surface area (Å²) in [4.78, 5) is 41.0. The van der Waals surface area contributed by atoms with Crippen molar-refractivity contribution in [2.24, 2.45) is 0 Å². The van der Waals surface area contributed by atoms with Gasteiger partial charge in [-0.2, -0.15) is 0 Å². The van der Waals surface area contributed by atoms with Crippen LogP contribution in [0.4, 0.5) is 0 Å². The van der Waals surface area contributed by atoms with E-state index in [2.05, 4.69) is 9.72 Å². The molecule has 0 aliphatic carbocycles. The summed E-state index contributed by atoms with van der Waals surface area (Å²) < 4.78 is 11.4. The Morgan fingerprint density at radius 2 is 1.96 bits per heavy atom. The van der Waals surface area contributed by atoms with Crippen LogP contribution < -0.4 is 5.56 Å². The lowest BCUT2D eigenvalue weighted by Gasteiger charge is -2.16. The zero-order chi connectivity index (χ0) is 18.7. The van der Waals surface area contributed by atoms with E-state index >= 15 is 0 Å². The average molecular weight is 358 g/mol. The van der Waals surface area contributed by atoms with Crippen LogP contribution in [0.1, 0.15) is 48.8 Å². The SMILES string of the molecule is COC(=O)[C@@H](C)OC(=O)c1ccc2c(=O)n3c(nc2c1)CCCCCC3. The second kappa shape index (κ2) is 7.68. The van der Waals surface area contributed by atoms with Crippen molar-refractivity contribution in [2.75, 3.05) is 7.11 Å². The van der Waals surface area contributed by atoms with Gasteiger partial charge in [0.05, 0.1) is 23.6 Å².